The summed E-state index contributed by atoms with van der Waals surface area (Å²) in [6.45, 7) is 2.66. The predicted octanol–water partition coefficient (Wildman–Crippen LogP) is 4.15. The van der Waals surface area contributed by atoms with E-state index >= 15 is 0 Å². The highest BCUT2D eigenvalue weighted by atomic mass is 127. The highest BCUT2D eigenvalue weighted by molar-refractivity contribution is 14.0. The minimum atomic E-state index is 0. The fourth-order valence-electron chi connectivity index (χ4n) is 3.83. The van der Waals surface area contributed by atoms with Crippen LogP contribution >= 0.6 is 24.0 Å². The lowest BCUT2D eigenvalue weighted by Crippen LogP contribution is -2.48. The Morgan fingerprint density at radius 2 is 1.71 bits per heavy atom. The molecule has 0 saturated heterocycles. The van der Waals surface area contributed by atoms with Gasteiger partial charge in [-0.2, -0.15) is 0 Å². The second kappa shape index (κ2) is 10.8. The fourth-order valence-corrected chi connectivity index (χ4v) is 3.83. The number of nitrogens with zero attached hydrogens (tertiary/aromatic N) is 2. The first-order valence-corrected chi connectivity index (χ1v) is 9.84. The lowest BCUT2D eigenvalue weighted by atomic mass is 9.64. The molecular formula is C23H33IN4. The van der Waals surface area contributed by atoms with Crippen molar-refractivity contribution in [1.29, 1.82) is 0 Å². The molecule has 3 rings (SSSR count). The molecule has 0 unspecified atom stereocenters. The minimum Gasteiger partial charge on any atom is -0.356 e. The maximum absolute atomic E-state index is 4.42. The number of halogens is 1. The first-order chi connectivity index (χ1) is 13.1. The van der Waals surface area contributed by atoms with Crippen LogP contribution in [0.2, 0.25) is 0 Å². The van der Waals surface area contributed by atoms with Crippen LogP contribution in [-0.4, -0.2) is 38.5 Å². The van der Waals surface area contributed by atoms with E-state index in [1.807, 2.05) is 7.05 Å². The maximum atomic E-state index is 4.42. The molecule has 2 aromatic rings. The predicted molar refractivity (Wildman–Crippen MR) is 129 cm³/mol. The topological polar surface area (TPSA) is 39.7 Å². The van der Waals surface area contributed by atoms with Crippen molar-refractivity contribution in [2.45, 2.75) is 37.8 Å². The molecule has 4 nitrogen and oxygen atoms in total. The number of aliphatic imine (C=N–C) groups is 1. The number of rotatable bonds is 7. The van der Waals surface area contributed by atoms with Crippen LogP contribution in [0.1, 0.15) is 36.0 Å². The first kappa shape index (κ1) is 22.7. The highest BCUT2D eigenvalue weighted by Gasteiger charge is 2.38. The number of hydrogen-bond acceptors (Lipinski definition) is 2. The van der Waals surface area contributed by atoms with Crippen LogP contribution in [0, 0.1) is 0 Å². The summed E-state index contributed by atoms with van der Waals surface area (Å²) in [5, 5.41) is 7.02. The Balaban J connectivity index is 0.00000280. The van der Waals surface area contributed by atoms with Crippen molar-refractivity contribution in [3.05, 3.63) is 71.3 Å². The summed E-state index contributed by atoms with van der Waals surface area (Å²) in [7, 11) is 6.03. The zero-order valence-corrected chi connectivity index (χ0v) is 19.6. The van der Waals surface area contributed by atoms with Gasteiger partial charge in [0.05, 0.1) is 0 Å². The molecule has 0 aromatic heterocycles. The van der Waals surface area contributed by atoms with Crippen LogP contribution in [-0.2, 0) is 18.5 Å². The van der Waals surface area contributed by atoms with Crippen LogP contribution in [0.5, 0.6) is 0 Å². The van der Waals surface area contributed by atoms with E-state index in [-0.39, 0.29) is 29.4 Å². The van der Waals surface area contributed by atoms with Crippen molar-refractivity contribution in [2.24, 2.45) is 4.99 Å². The van der Waals surface area contributed by atoms with Gasteiger partial charge in [-0.1, -0.05) is 61.0 Å². The molecule has 2 N–H and O–H groups in total. The summed E-state index contributed by atoms with van der Waals surface area (Å²) >= 11 is 0. The van der Waals surface area contributed by atoms with E-state index in [2.05, 4.69) is 89.2 Å². The van der Waals surface area contributed by atoms with Crippen molar-refractivity contribution < 1.29 is 0 Å². The van der Waals surface area contributed by atoms with Crippen molar-refractivity contribution >= 4 is 29.9 Å². The summed E-state index contributed by atoms with van der Waals surface area (Å²) in [6.07, 6.45) is 3.79. The molecule has 2 aromatic carbocycles. The standard InChI is InChI=1S/C23H32N4.HI/c1-24-22(25-16-19-9-7-10-20(15-19)17-27(2)3)26-18-23(13-8-14-23)21-11-5-4-6-12-21;/h4-7,9-12,15H,8,13-14,16-18H2,1-3H3,(H2,24,25,26);1H. The molecule has 0 bridgehead atoms. The monoisotopic (exact) mass is 492 g/mol. The van der Waals surface area contributed by atoms with E-state index in [4.69, 9.17) is 0 Å². The molecule has 0 aliphatic heterocycles. The Bertz CT molecular complexity index is 754. The van der Waals surface area contributed by atoms with E-state index < -0.39 is 0 Å². The molecule has 0 radical (unpaired) electrons. The van der Waals surface area contributed by atoms with Crippen molar-refractivity contribution in [3.63, 3.8) is 0 Å². The van der Waals surface area contributed by atoms with Crippen LogP contribution < -0.4 is 10.6 Å². The van der Waals surface area contributed by atoms with E-state index in [0.29, 0.717) is 0 Å². The maximum Gasteiger partial charge on any atom is 0.191 e. The Kier molecular flexibility index (Phi) is 8.76. The van der Waals surface area contributed by atoms with E-state index in [9.17, 15) is 0 Å². The Morgan fingerprint density at radius 1 is 1.00 bits per heavy atom. The van der Waals surface area contributed by atoms with Gasteiger partial charge in [-0.25, -0.2) is 0 Å². The lowest BCUT2D eigenvalue weighted by Gasteiger charge is -2.43. The lowest BCUT2D eigenvalue weighted by molar-refractivity contribution is 0.244. The van der Waals surface area contributed by atoms with E-state index in [1.165, 1.54) is 36.0 Å². The van der Waals surface area contributed by atoms with Gasteiger partial charge in [-0.3, -0.25) is 4.99 Å². The first-order valence-electron chi connectivity index (χ1n) is 9.84. The van der Waals surface area contributed by atoms with Gasteiger partial charge in [0.25, 0.3) is 0 Å². The fraction of sp³-hybridized carbons (Fsp3) is 0.435. The second-order valence-corrected chi connectivity index (χ2v) is 7.84. The number of hydrogen-bond donors (Lipinski definition) is 2. The molecule has 5 heteroatoms. The van der Waals surface area contributed by atoms with E-state index in [0.717, 1.165) is 25.6 Å². The van der Waals surface area contributed by atoms with Crippen LogP contribution in [0.25, 0.3) is 0 Å². The molecule has 1 saturated carbocycles. The van der Waals surface area contributed by atoms with E-state index in [1.54, 1.807) is 0 Å². The molecule has 0 atom stereocenters. The molecule has 1 fully saturated rings. The Hall–Kier alpha value is -1.60. The quantitative estimate of drug-likeness (QED) is 0.347. The van der Waals surface area contributed by atoms with Crippen LogP contribution in [0.3, 0.4) is 0 Å². The van der Waals surface area contributed by atoms with Gasteiger partial charge in [-0.05, 0) is 43.6 Å². The number of nitrogens with one attached hydrogen (secondary N) is 2. The van der Waals surface area contributed by atoms with Gasteiger partial charge < -0.3 is 15.5 Å². The second-order valence-electron chi connectivity index (χ2n) is 7.84. The third-order valence-corrected chi connectivity index (χ3v) is 5.46. The largest absolute Gasteiger partial charge is 0.356 e. The molecule has 1 aliphatic carbocycles. The van der Waals surface area contributed by atoms with Crippen molar-refractivity contribution in [3.8, 4) is 0 Å². The van der Waals surface area contributed by atoms with Crippen molar-refractivity contribution in [2.75, 3.05) is 27.7 Å². The van der Waals surface area contributed by atoms with Gasteiger partial charge in [0, 0.05) is 32.1 Å². The van der Waals surface area contributed by atoms with Crippen LogP contribution in [0.15, 0.2) is 59.6 Å². The summed E-state index contributed by atoms with van der Waals surface area (Å²) in [4.78, 5) is 6.60. The molecule has 28 heavy (non-hydrogen) atoms. The van der Waals surface area contributed by atoms with Crippen molar-refractivity contribution in [1.82, 2.24) is 15.5 Å². The van der Waals surface area contributed by atoms with Crippen LogP contribution in [0.4, 0.5) is 0 Å². The SMILES string of the molecule is CN=C(NCc1cccc(CN(C)C)c1)NCC1(c2ccccc2)CCC1.I. The number of guanidine groups is 1. The van der Waals surface area contributed by atoms with Gasteiger partial charge in [0.1, 0.15) is 0 Å². The van der Waals surface area contributed by atoms with Gasteiger partial charge in [0.15, 0.2) is 5.96 Å². The van der Waals surface area contributed by atoms with Gasteiger partial charge >= 0.3 is 0 Å². The molecule has 0 amide bonds. The summed E-state index contributed by atoms with van der Waals surface area (Å²) in [5.74, 6) is 0.871. The minimum absolute atomic E-state index is 0. The Morgan fingerprint density at radius 3 is 2.32 bits per heavy atom. The van der Waals surface area contributed by atoms with Gasteiger partial charge in [-0.15, -0.1) is 24.0 Å². The molecule has 152 valence electrons. The third-order valence-electron chi connectivity index (χ3n) is 5.46. The number of benzene rings is 2. The summed E-state index contributed by atoms with van der Waals surface area (Å²) in [6, 6.07) is 19.6. The summed E-state index contributed by atoms with van der Waals surface area (Å²) in [5.41, 5.74) is 4.30. The zero-order valence-electron chi connectivity index (χ0n) is 17.2. The Labute approximate surface area is 186 Å². The zero-order chi connectivity index (χ0) is 19.1. The smallest absolute Gasteiger partial charge is 0.191 e. The highest BCUT2D eigenvalue weighted by Crippen LogP contribution is 2.43. The molecular weight excluding hydrogens is 459 g/mol. The molecule has 1 aliphatic rings. The molecule has 0 spiro atoms. The third kappa shape index (κ3) is 5.95. The molecule has 0 heterocycles. The average Bonchev–Trinajstić information content (AvgIpc) is 2.64. The van der Waals surface area contributed by atoms with Gasteiger partial charge in [0.2, 0.25) is 0 Å². The normalized spacial score (nSPS) is 15.5. The summed E-state index contributed by atoms with van der Waals surface area (Å²) < 4.78 is 0. The average molecular weight is 492 g/mol.